The number of hydrogen-bond acceptors (Lipinski definition) is 4. The van der Waals surface area contributed by atoms with Crippen LogP contribution in [0.3, 0.4) is 0 Å². The summed E-state index contributed by atoms with van der Waals surface area (Å²) in [6, 6.07) is -0.212. The maximum absolute atomic E-state index is 12.2. The van der Waals surface area contributed by atoms with E-state index in [1.807, 2.05) is 4.90 Å². The van der Waals surface area contributed by atoms with Gasteiger partial charge in [-0.3, -0.25) is 4.79 Å². The molecule has 17 heavy (non-hydrogen) atoms. The molecule has 2 saturated heterocycles. The van der Waals surface area contributed by atoms with Crippen molar-refractivity contribution in [2.45, 2.75) is 38.0 Å². The summed E-state index contributed by atoms with van der Waals surface area (Å²) < 4.78 is 5.40. The van der Waals surface area contributed by atoms with E-state index in [0.29, 0.717) is 25.4 Å². The maximum Gasteiger partial charge on any atom is 0.239 e. The van der Waals surface area contributed by atoms with Gasteiger partial charge >= 0.3 is 0 Å². The number of rotatable bonds is 2. The van der Waals surface area contributed by atoms with E-state index in [1.165, 1.54) is 0 Å². The standard InChI is InChI=1S/C12H22N2O3/c1-8-3-4-14(7-11(8)17-2)12(16)10-5-9(15)6-13-10/h8-11,13,15H,3-7H2,1-2H3. The van der Waals surface area contributed by atoms with E-state index in [0.717, 1.165) is 13.0 Å². The smallest absolute Gasteiger partial charge is 0.239 e. The molecule has 4 unspecified atom stereocenters. The molecule has 1 amide bonds. The lowest BCUT2D eigenvalue weighted by molar-refractivity contribution is -0.138. The molecular formula is C12H22N2O3. The number of nitrogens with zero attached hydrogens (tertiary/aromatic N) is 1. The second kappa shape index (κ2) is 5.33. The minimum absolute atomic E-state index is 0.107. The summed E-state index contributed by atoms with van der Waals surface area (Å²) in [6.07, 6.45) is 1.27. The van der Waals surface area contributed by atoms with Crippen LogP contribution >= 0.6 is 0 Å². The zero-order chi connectivity index (χ0) is 12.4. The van der Waals surface area contributed by atoms with E-state index in [4.69, 9.17) is 4.74 Å². The molecule has 4 atom stereocenters. The molecule has 0 radical (unpaired) electrons. The van der Waals surface area contributed by atoms with Crippen LogP contribution in [-0.4, -0.2) is 60.9 Å². The highest BCUT2D eigenvalue weighted by Crippen LogP contribution is 2.21. The minimum Gasteiger partial charge on any atom is -0.392 e. The van der Waals surface area contributed by atoms with Gasteiger partial charge in [0.1, 0.15) is 0 Å². The van der Waals surface area contributed by atoms with Gasteiger partial charge in [0.2, 0.25) is 5.91 Å². The second-order valence-corrected chi connectivity index (χ2v) is 5.17. The first-order valence-corrected chi connectivity index (χ1v) is 6.35. The highest BCUT2D eigenvalue weighted by Gasteiger charge is 2.35. The summed E-state index contributed by atoms with van der Waals surface area (Å²) in [5.74, 6) is 0.613. The van der Waals surface area contributed by atoms with E-state index < -0.39 is 0 Å². The highest BCUT2D eigenvalue weighted by molar-refractivity contribution is 5.82. The fourth-order valence-electron chi connectivity index (χ4n) is 2.67. The lowest BCUT2D eigenvalue weighted by atomic mass is 9.95. The number of hydrogen-bond donors (Lipinski definition) is 2. The number of likely N-dealkylation sites (tertiary alicyclic amines) is 1. The van der Waals surface area contributed by atoms with Crippen LogP contribution in [0.4, 0.5) is 0 Å². The van der Waals surface area contributed by atoms with Gasteiger partial charge in [-0.15, -0.1) is 0 Å². The second-order valence-electron chi connectivity index (χ2n) is 5.17. The van der Waals surface area contributed by atoms with E-state index >= 15 is 0 Å². The molecule has 0 aromatic rings. The molecule has 2 aliphatic heterocycles. The molecule has 0 spiro atoms. The van der Waals surface area contributed by atoms with Crippen LogP contribution in [0.2, 0.25) is 0 Å². The third-order valence-corrected chi connectivity index (χ3v) is 3.91. The van der Waals surface area contributed by atoms with E-state index in [1.54, 1.807) is 7.11 Å². The summed E-state index contributed by atoms with van der Waals surface area (Å²) in [4.78, 5) is 14.1. The molecule has 2 N–H and O–H groups in total. The topological polar surface area (TPSA) is 61.8 Å². The minimum atomic E-state index is -0.383. The number of piperidine rings is 1. The van der Waals surface area contributed by atoms with Gasteiger partial charge in [-0.1, -0.05) is 6.92 Å². The predicted molar refractivity (Wildman–Crippen MR) is 63.6 cm³/mol. The molecule has 0 saturated carbocycles. The Labute approximate surface area is 102 Å². The Morgan fingerprint density at radius 1 is 1.53 bits per heavy atom. The van der Waals surface area contributed by atoms with Crippen molar-refractivity contribution in [3.63, 3.8) is 0 Å². The third kappa shape index (κ3) is 2.78. The number of nitrogens with one attached hydrogen (secondary N) is 1. The molecule has 98 valence electrons. The number of β-amino-alcohol motifs (C(OH)–C–C–N with tert-alkyl or cyclic N) is 1. The number of amides is 1. The quantitative estimate of drug-likeness (QED) is 0.691. The Morgan fingerprint density at radius 2 is 2.29 bits per heavy atom. The molecule has 0 bridgehead atoms. The molecule has 0 aromatic carbocycles. The third-order valence-electron chi connectivity index (χ3n) is 3.91. The highest BCUT2D eigenvalue weighted by atomic mass is 16.5. The van der Waals surface area contributed by atoms with Crippen LogP contribution in [0.25, 0.3) is 0 Å². The zero-order valence-corrected chi connectivity index (χ0v) is 10.6. The summed E-state index contributed by atoms with van der Waals surface area (Å²) in [5, 5.41) is 12.5. The predicted octanol–water partition coefficient (Wildman–Crippen LogP) is -0.407. The van der Waals surface area contributed by atoms with Crippen LogP contribution in [-0.2, 0) is 9.53 Å². The maximum atomic E-state index is 12.2. The summed E-state index contributed by atoms with van der Waals surface area (Å²) in [7, 11) is 1.70. The number of aliphatic hydroxyl groups excluding tert-OH is 1. The molecule has 2 heterocycles. The van der Waals surface area contributed by atoms with Gasteiger partial charge in [0.25, 0.3) is 0 Å². The first-order chi connectivity index (χ1) is 8.11. The Morgan fingerprint density at radius 3 is 2.88 bits per heavy atom. The molecular weight excluding hydrogens is 220 g/mol. The number of aliphatic hydroxyl groups is 1. The van der Waals surface area contributed by atoms with Crippen molar-refractivity contribution >= 4 is 5.91 Å². The monoisotopic (exact) mass is 242 g/mol. The van der Waals surface area contributed by atoms with Gasteiger partial charge in [-0.25, -0.2) is 0 Å². The Balaban J connectivity index is 1.91. The van der Waals surface area contributed by atoms with Gasteiger partial charge in [0.15, 0.2) is 0 Å². The molecule has 2 aliphatic rings. The van der Waals surface area contributed by atoms with Gasteiger partial charge in [0.05, 0.1) is 18.2 Å². The zero-order valence-electron chi connectivity index (χ0n) is 10.6. The Bertz CT molecular complexity index is 285. The summed E-state index contributed by atoms with van der Waals surface area (Å²) >= 11 is 0. The fourth-order valence-corrected chi connectivity index (χ4v) is 2.67. The van der Waals surface area contributed by atoms with Crippen LogP contribution in [0.15, 0.2) is 0 Å². The number of carbonyl (C=O) groups is 1. The van der Waals surface area contributed by atoms with Crippen molar-refractivity contribution in [3.8, 4) is 0 Å². The van der Waals surface area contributed by atoms with Gasteiger partial charge < -0.3 is 20.1 Å². The van der Waals surface area contributed by atoms with Crippen molar-refractivity contribution in [3.05, 3.63) is 0 Å². The van der Waals surface area contributed by atoms with Crippen molar-refractivity contribution < 1.29 is 14.6 Å². The number of methoxy groups -OCH3 is 1. The first kappa shape index (κ1) is 12.8. The SMILES string of the molecule is COC1CN(C(=O)C2CC(O)CN2)CCC1C. The van der Waals surface area contributed by atoms with Gasteiger partial charge in [0, 0.05) is 26.7 Å². The van der Waals surface area contributed by atoms with Crippen molar-refractivity contribution in [1.29, 1.82) is 0 Å². The average molecular weight is 242 g/mol. The van der Waals surface area contributed by atoms with Crippen LogP contribution < -0.4 is 5.32 Å². The lowest BCUT2D eigenvalue weighted by Gasteiger charge is -2.37. The summed E-state index contributed by atoms with van der Waals surface area (Å²) in [6.45, 7) is 4.15. The molecule has 5 nitrogen and oxygen atoms in total. The fraction of sp³-hybridized carbons (Fsp3) is 0.917. The van der Waals surface area contributed by atoms with Crippen LogP contribution in [0, 0.1) is 5.92 Å². The molecule has 0 aromatic heterocycles. The Kier molecular flexibility index (Phi) is 4.01. The summed E-state index contributed by atoms with van der Waals surface area (Å²) in [5.41, 5.74) is 0. The normalized spacial score (nSPS) is 38.4. The van der Waals surface area contributed by atoms with Crippen molar-refractivity contribution in [2.24, 2.45) is 5.92 Å². The largest absolute Gasteiger partial charge is 0.392 e. The lowest BCUT2D eigenvalue weighted by Crippen LogP contribution is -2.51. The van der Waals surface area contributed by atoms with Crippen LogP contribution in [0.5, 0.6) is 0 Å². The Hall–Kier alpha value is -0.650. The molecule has 2 fully saturated rings. The molecule has 0 aliphatic carbocycles. The van der Waals surface area contributed by atoms with Crippen molar-refractivity contribution in [1.82, 2.24) is 10.2 Å². The van der Waals surface area contributed by atoms with E-state index in [9.17, 15) is 9.90 Å². The van der Waals surface area contributed by atoms with Gasteiger partial charge in [-0.05, 0) is 18.8 Å². The van der Waals surface area contributed by atoms with E-state index in [2.05, 4.69) is 12.2 Å². The number of ether oxygens (including phenoxy) is 1. The van der Waals surface area contributed by atoms with Gasteiger partial charge in [-0.2, -0.15) is 0 Å². The first-order valence-electron chi connectivity index (χ1n) is 6.35. The average Bonchev–Trinajstić information content (AvgIpc) is 2.75. The number of carbonyl (C=O) groups excluding carboxylic acids is 1. The van der Waals surface area contributed by atoms with Crippen molar-refractivity contribution in [2.75, 3.05) is 26.7 Å². The molecule has 5 heteroatoms. The van der Waals surface area contributed by atoms with Crippen LogP contribution in [0.1, 0.15) is 19.8 Å². The van der Waals surface area contributed by atoms with E-state index in [-0.39, 0.29) is 24.2 Å². The molecule has 2 rings (SSSR count).